The fourth-order valence-electron chi connectivity index (χ4n) is 2.47. The number of carboxylic acid groups (broad SMARTS) is 1. The van der Waals surface area contributed by atoms with Crippen molar-refractivity contribution in [3.8, 4) is 0 Å². The molecule has 0 amide bonds. The predicted molar refractivity (Wildman–Crippen MR) is 90.9 cm³/mol. The van der Waals surface area contributed by atoms with E-state index in [1.54, 1.807) is 26.8 Å². The van der Waals surface area contributed by atoms with Gasteiger partial charge in [-0.1, -0.05) is 43.3 Å². The van der Waals surface area contributed by atoms with Crippen LogP contribution in [0.3, 0.4) is 0 Å². The van der Waals surface area contributed by atoms with Crippen LogP contribution in [0, 0.1) is 10.8 Å². The summed E-state index contributed by atoms with van der Waals surface area (Å²) in [4.78, 5) is 23.6. The van der Waals surface area contributed by atoms with Crippen LogP contribution < -0.4 is 0 Å². The first kappa shape index (κ1) is 18.9. The van der Waals surface area contributed by atoms with E-state index in [2.05, 4.69) is 0 Å². The van der Waals surface area contributed by atoms with Crippen molar-refractivity contribution in [1.29, 1.82) is 0 Å². The minimum Gasteiger partial charge on any atom is -0.481 e. The number of carboxylic acids is 1. The lowest BCUT2D eigenvalue weighted by atomic mass is 9.72. The topological polar surface area (TPSA) is 63.6 Å². The summed E-state index contributed by atoms with van der Waals surface area (Å²) in [6, 6.07) is 9.73. The Labute approximate surface area is 138 Å². The molecule has 0 aliphatic heterocycles. The van der Waals surface area contributed by atoms with E-state index >= 15 is 0 Å². The Bertz CT molecular complexity index is 560. The molecule has 4 nitrogen and oxygen atoms in total. The number of carbonyl (C=O) groups is 2. The van der Waals surface area contributed by atoms with E-state index < -0.39 is 16.8 Å². The van der Waals surface area contributed by atoms with Gasteiger partial charge in [0.1, 0.15) is 6.61 Å². The molecular formula is C19H26O4. The highest BCUT2D eigenvalue weighted by Gasteiger charge is 2.41. The minimum atomic E-state index is -0.928. The molecule has 0 aromatic heterocycles. The monoisotopic (exact) mass is 318 g/mol. The number of aliphatic carboxylic acids is 1. The van der Waals surface area contributed by atoms with Crippen LogP contribution in [0.25, 0.3) is 6.08 Å². The van der Waals surface area contributed by atoms with Gasteiger partial charge in [0.05, 0.1) is 10.8 Å². The zero-order chi connectivity index (χ0) is 17.5. The maximum Gasteiger partial charge on any atom is 0.311 e. The van der Waals surface area contributed by atoms with Crippen molar-refractivity contribution in [2.75, 3.05) is 6.61 Å². The summed E-state index contributed by atoms with van der Waals surface area (Å²) in [7, 11) is 0. The Morgan fingerprint density at radius 2 is 1.78 bits per heavy atom. The van der Waals surface area contributed by atoms with Gasteiger partial charge in [-0.2, -0.15) is 0 Å². The molecule has 1 unspecified atom stereocenters. The van der Waals surface area contributed by atoms with E-state index in [1.165, 1.54) is 0 Å². The molecular weight excluding hydrogens is 292 g/mol. The molecule has 1 atom stereocenters. The van der Waals surface area contributed by atoms with Crippen LogP contribution in [-0.2, 0) is 14.3 Å². The van der Waals surface area contributed by atoms with Crippen LogP contribution in [0.4, 0.5) is 0 Å². The van der Waals surface area contributed by atoms with Crippen LogP contribution in [0.2, 0.25) is 0 Å². The SMILES string of the molecule is CCC(C)(CC(C)(C)C(=O)OC/C=C/c1ccccc1)C(=O)O. The quantitative estimate of drug-likeness (QED) is 0.731. The summed E-state index contributed by atoms with van der Waals surface area (Å²) in [5.74, 6) is -1.26. The van der Waals surface area contributed by atoms with Gasteiger partial charge in [-0.15, -0.1) is 0 Å². The minimum absolute atomic E-state index is 0.174. The highest BCUT2D eigenvalue weighted by Crippen LogP contribution is 2.37. The first-order valence-electron chi connectivity index (χ1n) is 7.83. The Balaban J connectivity index is 2.58. The van der Waals surface area contributed by atoms with E-state index in [0.29, 0.717) is 6.42 Å². The summed E-state index contributed by atoms with van der Waals surface area (Å²) in [5.41, 5.74) is -0.737. The molecule has 1 aromatic carbocycles. The average molecular weight is 318 g/mol. The third kappa shape index (κ3) is 5.55. The van der Waals surface area contributed by atoms with E-state index in [1.807, 2.05) is 43.3 Å². The van der Waals surface area contributed by atoms with Crippen molar-refractivity contribution in [1.82, 2.24) is 0 Å². The normalized spacial score (nSPS) is 14.4. The zero-order valence-electron chi connectivity index (χ0n) is 14.3. The van der Waals surface area contributed by atoms with E-state index in [0.717, 1.165) is 5.56 Å². The molecule has 0 bridgehead atoms. The maximum atomic E-state index is 12.2. The molecule has 1 N–H and O–H groups in total. The summed E-state index contributed by atoms with van der Waals surface area (Å²) in [5, 5.41) is 9.35. The number of carbonyl (C=O) groups excluding carboxylic acids is 1. The molecule has 0 aliphatic rings. The second kappa shape index (κ2) is 7.95. The Morgan fingerprint density at radius 3 is 2.30 bits per heavy atom. The fourth-order valence-corrected chi connectivity index (χ4v) is 2.47. The second-order valence-electron chi connectivity index (χ2n) is 6.69. The highest BCUT2D eigenvalue weighted by atomic mass is 16.5. The number of rotatable bonds is 8. The van der Waals surface area contributed by atoms with Gasteiger partial charge in [-0.05, 0) is 45.3 Å². The highest BCUT2D eigenvalue weighted by molar-refractivity contribution is 5.79. The molecule has 0 heterocycles. The maximum absolute atomic E-state index is 12.2. The number of hydrogen-bond donors (Lipinski definition) is 1. The number of benzene rings is 1. The van der Waals surface area contributed by atoms with Crippen LogP contribution in [0.1, 0.15) is 46.1 Å². The van der Waals surface area contributed by atoms with Crippen LogP contribution >= 0.6 is 0 Å². The fraction of sp³-hybridized carbons (Fsp3) is 0.474. The van der Waals surface area contributed by atoms with Gasteiger partial charge >= 0.3 is 11.9 Å². The van der Waals surface area contributed by atoms with Crippen molar-refractivity contribution < 1.29 is 19.4 Å². The van der Waals surface area contributed by atoms with E-state index in [-0.39, 0.29) is 19.0 Å². The Kier molecular flexibility index (Phi) is 6.55. The van der Waals surface area contributed by atoms with Gasteiger partial charge in [-0.25, -0.2) is 0 Å². The lowest BCUT2D eigenvalue weighted by Gasteiger charge is -2.32. The van der Waals surface area contributed by atoms with Crippen molar-refractivity contribution in [2.24, 2.45) is 10.8 Å². The number of ether oxygens (including phenoxy) is 1. The second-order valence-corrected chi connectivity index (χ2v) is 6.69. The molecule has 23 heavy (non-hydrogen) atoms. The molecule has 1 aromatic rings. The van der Waals surface area contributed by atoms with Crippen molar-refractivity contribution >= 4 is 18.0 Å². The molecule has 0 saturated heterocycles. The van der Waals surface area contributed by atoms with Gasteiger partial charge in [0.15, 0.2) is 0 Å². The van der Waals surface area contributed by atoms with Gasteiger partial charge in [0, 0.05) is 0 Å². The first-order chi connectivity index (χ1) is 10.7. The molecule has 0 radical (unpaired) electrons. The van der Waals surface area contributed by atoms with Crippen molar-refractivity contribution in [3.63, 3.8) is 0 Å². The summed E-state index contributed by atoms with van der Waals surface area (Å²) in [6.45, 7) is 7.12. The molecule has 0 spiro atoms. The number of esters is 1. The Hall–Kier alpha value is -2.10. The van der Waals surface area contributed by atoms with Gasteiger partial charge in [-0.3, -0.25) is 9.59 Å². The lowest BCUT2D eigenvalue weighted by molar-refractivity contribution is -0.159. The smallest absolute Gasteiger partial charge is 0.311 e. The third-order valence-corrected chi connectivity index (χ3v) is 4.10. The standard InChI is InChI=1S/C19H26O4/c1-5-19(4,16(20)21)14-18(2,3)17(22)23-13-9-12-15-10-7-6-8-11-15/h6-12H,5,13-14H2,1-4H3,(H,20,21)/b12-9+. The summed E-state index contributed by atoms with van der Waals surface area (Å²) < 4.78 is 5.28. The lowest BCUT2D eigenvalue weighted by Crippen LogP contribution is -2.37. The predicted octanol–water partition coefficient (Wildman–Crippen LogP) is 4.16. The molecule has 0 saturated carbocycles. The number of hydrogen-bond acceptors (Lipinski definition) is 3. The van der Waals surface area contributed by atoms with Gasteiger partial charge in [0.2, 0.25) is 0 Å². The summed E-state index contributed by atoms with van der Waals surface area (Å²) in [6.07, 6.45) is 4.37. The van der Waals surface area contributed by atoms with E-state index in [4.69, 9.17) is 4.74 Å². The molecule has 4 heteroatoms. The molecule has 1 rings (SSSR count). The summed E-state index contributed by atoms with van der Waals surface area (Å²) >= 11 is 0. The molecule has 126 valence electrons. The van der Waals surface area contributed by atoms with Crippen molar-refractivity contribution in [3.05, 3.63) is 42.0 Å². The van der Waals surface area contributed by atoms with Crippen LogP contribution in [0.5, 0.6) is 0 Å². The van der Waals surface area contributed by atoms with Crippen molar-refractivity contribution in [2.45, 2.75) is 40.5 Å². The molecule has 0 fully saturated rings. The zero-order valence-corrected chi connectivity index (χ0v) is 14.3. The molecule has 0 aliphatic carbocycles. The largest absolute Gasteiger partial charge is 0.481 e. The third-order valence-electron chi connectivity index (χ3n) is 4.10. The van der Waals surface area contributed by atoms with Gasteiger partial charge < -0.3 is 9.84 Å². The average Bonchev–Trinajstić information content (AvgIpc) is 2.51. The van der Waals surface area contributed by atoms with E-state index in [9.17, 15) is 14.7 Å². The van der Waals surface area contributed by atoms with Crippen LogP contribution in [0.15, 0.2) is 36.4 Å². The van der Waals surface area contributed by atoms with Crippen LogP contribution in [-0.4, -0.2) is 23.7 Å². The Morgan fingerprint density at radius 1 is 1.17 bits per heavy atom. The van der Waals surface area contributed by atoms with Gasteiger partial charge in [0.25, 0.3) is 0 Å². The first-order valence-corrected chi connectivity index (χ1v) is 7.83.